The molecule has 6 heteroatoms. The predicted octanol–water partition coefficient (Wildman–Crippen LogP) is 4.67. The molecule has 0 aromatic carbocycles. The molecule has 1 rings (SSSR count). The molecule has 142 valence electrons. The normalized spacial score (nSPS) is 26.4. The quantitative estimate of drug-likeness (QED) is 0.710. The van der Waals surface area contributed by atoms with Gasteiger partial charge in [-0.25, -0.2) is 0 Å². The summed E-state index contributed by atoms with van der Waals surface area (Å²) in [7, 11) is -3.82. The van der Waals surface area contributed by atoms with E-state index in [9.17, 15) is 5.11 Å². The topological polar surface area (TPSA) is 47.9 Å². The van der Waals surface area contributed by atoms with E-state index in [0.717, 1.165) is 0 Å². The summed E-state index contributed by atoms with van der Waals surface area (Å²) in [6, 6.07) is 0. The number of hydrogen-bond acceptors (Lipinski definition) is 4. The van der Waals surface area contributed by atoms with Gasteiger partial charge in [0.2, 0.25) is 0 Å². The van der Waals surface area contributed by atoms with Crippen molar-refractivity contribution in [1.82, 2.24) is 0 Å². The van der Waals surface area contributed by atoms with Crippen LogP contribution in [0.4, 0.5) is 0 Å². The molecule has 24 heavy (non-hydrogen) atoms. The number of aliphatic hydroxyl groups excluding tert-OH is 1. The van der Waals surface area contributed by atoms with Gasteiger partial charge in [-0.15, -0.1) is 0 Å². The lowest BCUT2D eigenvalue weighted by Crippen LogP contribution is -2.52. The summed E-state index contributed by atoms with van der Waals surface area (Å²) in [4.78, 5) is 0. The van der Waals surface area contributed by atoms with E-state index in [-0.39, 0.29) is 22.3 Å². The Balaban J connectivity index is 2.74. The smallest absolute Gasteiger partial charge is 0.193 e. The van der Waals surface area contributed by atoms with Crippen molar-refractivity contribution in [3.05, 3.63) is 12.3 Å². The molecule has 0 bridgehead atoms. The maximum Gasteiger partial charge on any atom is 0.193 e. The number of hydrogen-bond donors (Lipinski definition) is 1. The van der Waals surface area contributed by atoms with Crippen molar-refractivity contribution in [3.63, 3.8) is 0 Å². The lowest BCUT2D eigenvalue weighted by atomic mass is 10.1. The zero-order chi connectivity index (χ0) is 19.0. The number of rotatable bonds is 5. The van der Waals surface area contributed by atoms with Gasteiger partial charge in [-0.1, -0.05) is 41.5 Å². The van der Waals surface area contributed by atoms with Crippen molar-refractivity contribution in [2.75, 3.05) is 6.61 Å². The van der Waals surface area contributed by atoms with Crippen LogP contribution in [0.1, 0.15) is 41.5 Å². The fraction of sp³-hybridized carbons (Fsp3) is 0.889. The van der Waals surface area contributed by atoms with Gasteiger partial charge >= 0.3 is 0 Å². The molecule has 1 aliphatic rings. The van der Waals surface area contributed by atoms with Gasteiger partial charge in [-0.05, 0) is 42.3 Å². The van der Waals surface area contributed by atoms with Crippen LogP contribution in [0.3, 0.4) is 0 Å². The summed E-state index contributed by atoms with van der Waals surface area (Å²) in [5.74, 6) is 0. The Labute approximate surface area is 150 Å². The second-order valence-corrected chi connectivity index (χ2v) is 19.5. The van der Waals surface area contributed by atoms with E-state index in [4.69, 9.17) is 13.6 Å². The molecule has 0 unspecified atom stereocenters. The van der Waals surface area contributed by atoms with Gasteiger partial charge in [0.05, 0.1) is 19.0 Å². The average Bonchev–Trinajstić information content (AvgIpc) is 2.37. The summed E-state index contributed by atoms with van der Waals surface area (Å²) in [6.07, 6.45) is 2.08. The van der Waals surface area contributed by atoms with Crippen LogP contribution < -0.4 is 0 Å². The number of ether oxygens (including phenoxy) is 1. The first-order valence-corrected chi connectivity index (χ1v) is 14.7. The third-order valence-electron chi connectivity index (χ3n) is 5.89. The van der Waals surface area contributed by atoms with Crippen LogP contribution in [0.25, 0.3) is 0 Å². The first kappa shape index (κ1) is 21.9. The van der Waals surface area contributed by atoms with Crippen molar-refractivity contribution in [1.29, 1.82) is 0 Å². The molecule has 0 radical (unpaired) electrons. The van der Waals surface area contributed by atoms with E-state index in [2.05, 4.69) is 67.7 Å². The van der Waals surface area contributed by atoms with Crippen molar-refractivity contribution in [2.24, 2.45) is 0 Å². The van der Waals surface area contributed by atoms with Crippen LogP contribution in [0.2, 0.25) is 36.3 Å². The van der Waals surface area contributed by atoms with E-state index in [1.807, 2.05) is 6.08 Å². The van der Waals surface area contributed by atoms with Crippen LogP contribution in [0, 0.1) is 0 Å². The van der Waals surface area contributed by atoms with Gasteiger partial charge in [0.1, 0.15) is 12.2 Å². The third-order valence-corrected chi connectivity index (χ3v) is 14.9. The molecule has 0 fully saturated rings. The highest BCUT2D eigenvalue weighted by Gasteiger charge is 2.43. The first-order valence-electron chi connectivity index (χ1n) is 8.90. The van der Waals surface area contributed by atoms with E-state index < -0.39 is 22.7 Å². The molecule has 1 aliphatic heterocycles. The van der Waals surface area contributed by atoms with Crippen LogP contribution in [0.5, 0.6) is 0 Å². The fourth-order valence-electron chi connectivity index (χ4n) is 1.90. The molecule has 1 heterocycles. The molecule has 0 saturated carbocycles. The Morgan fingerprint density at radius 2 is 1.46 bits per heavy atom. The highest BCUT2D eigenvalue weighted by Crippen LogP contribution is 2.39. The molecule has 0 aromatic rings. The second-order valence-electron chi connectivity index (χ2n) is 9.91. The molecule has 3 atom stereocenters. The molecular weight excluding hydrogens is 336 g/mol. The van der Waals surface area contributed by atoms with Crippen molar-refractivity contribution >= 4 is 16.6 Å². The first-order chi connectivity index (χ1) is 10.6. The highest BCUT2D eigenvalue weighted by molar-refractivity contribution is 6.74. The summed E-state index contributed by atoms with van der Waals surface area (Å²) in [6.45, 7) is 22.4. The largest absolute Gasteiger partial charge is 0.493 e. The Bertz CT molecular complexity index is 447. The Kier molecular flexibility index (Phi) is 6.60. The zero-order valence-corrected chi connectivity index (χ0v) is 19.3. The van der Waals surface area contributed by atoms with Crippen LogP contribution >= 0.6 is 0 Å². The predicted molar refractivity (Wildman–Crippen MR) is 105 cm³/mol. The Morgan fingerprint density at radius 3 is 1.92 bits per heavy atom. The molecular formula is C18H38O4Si2. The second kappa shape index (κ2) is 7.23. The molecule has 0 spiro atoms. The van der Waals surface area contributed by atoms with Crippen molar-refractivity contribution < 1.29 is 18.7 Å². The summed E-state index contributed by atoms with van der Waals surface area (Å²) < 4.78 is 18.2. The zero-order valence-electron chi connectivity index (χ0n) is 17.3. The lowest BCUT2D eigenvalue weighted by Gasteiger charge is -2.42. The summed E-state index contributed by atoms with van der Waals surface area (Å²) in [5.41, 5.74) is 0. The summed E-state index contributed by atoms with van der Waals surface area (Å²) >= 11 is 0. The minimum atomic E-state index is -1.95. The van der Waals surface area contributed by atoms with Crippen molar-refractivity contribution in [2.45, 2.75) is 96.1 Å². The van der Waals surface area contributed by atoms with E-state index in [0.29, 0.717) is 6.61 Å². The van der Waals surface area contributed by atoms with Crippen molar-refractivity contribution in [3.8, 4) is 0 Å². The fourth-order valence-corrected chi connectivity index (χ4v) is 4.17. The monoisotopic (exact) mass is 374 g/mol. The SMILES string of the molecule is CC(C)(C)[Si](C)(C)OC[C@H]1OC=C[C@@H](O[Si](C)(C)C(C)(C)C)[C@H]1O. The standard InChI is InChI=1S/C18H38O4Si2/c1-17(2,3)23(7,8)21-13-15-16(19)14(11-12-20-15)22-24(9,10)18(4,5)6/h11-12,14-16,19H,13H2,1-10H3/t14-,15-,16-/m1/s1. The van der Waals surface area contributed by atoms with Gasteiger partial charge in [0.25, 0.3) is 0 Å². The molecule has 4 nitrogen and oxygen atoms in total. The molecule has 0 amide bonds. The van der Waals surface area contributed by atoms with E-state index in [1.54, 1.807) is 6.26 Å². The van der Waals surface area contributed by atoms with Gasteiger partial charge in [0, 0.05) is 0 Å². The molecule has 0 saturated heterocycles. The number of aliphatic hydroxyl groups is 1. The van der Waals surface area contributed by atoms with Gasteiger partial charge in [-0.3, -0.25) is 0 Å². The minimum absolute atomic E-state index is 0.103. The molecule has 0 aromatic heterocycles. The van der Waals surface area contributed by atoms with Crippen LogP contribution in [-0.2, 0) is 13.6 Å². The van der Waals surface area contributed by atoms with Crippen LogP contribution in [0.15, 0.2) is 12.3 Å². The maximum absolute atomic E-state index is 10.7. The van der Waals surface area contributed by atoms with Gasteiger partial charge < -0.3 is 18.7 Å². The Morgan fingerprint density at radius 1 is 0.958 bits per heavy atom. The maximum atomic E-state index is 10.7. The molecule has 0 aliphatic carbocycles. The summed E-state index contributed by atoms with van der Waals surface area (Å²) in [5, 5.41) is 11.0. The van der Waals surface area contributed by atoms with E-state index >= 15 is 0 Å². The third kappa shape index (κ3) is 5.18. The van der Waals surface area contributed by atoms with Gasteiger partial charge in [0.15, 0.2) is 16.6 Å². The highest BCUT2D eigenvalue weighted by atomic mass is 28.4. The van der Waals surface area contributed by atoms with Gasteiger partial charge in [-0.2, -0.15) is 0 Å². The average molecular weight is 375 g/mol. The Hall–Kier alpha value is -0.146. The van der Waals surface area contributed by atoms with E-state index in [1.165, 1.54) is 0 Å². The van der Waals surface area contributed by atoms with Crippen LogP contribution in [-0.4, -0.2) is 46.7 Å². The minimum Gasteiger partial charge on any atom is -0.493 e. The molecule has 1 N–H and O–H groups in total. The lowest BCUT2D eigenvalue weighted by molar-refractivity contribution is -0.0749.